The molecule has 0 saturated carbocycles. The highest BCUT2D eigenvalue weighted by Gasteiger charge is 2.12. The number of H-pyrrole nitrogens is 1. The van der Waals surface area contributed by atoms with Crippen LogP contribution in [0.2, 0.25) is 0 Å². The van der Waals surface area contributed by atoms with E-state index in [1.807, 2.05) is 6.20 Å². The van der Waals surface area contributed by atoms with Gasteiger partial charge in [0, 0.05) is 11.9 Å². The number of hydrogen-bond donors (Lipinski definition) is 1. The molecule has 0 atom stereocenters. The molecule has 0 amide bonds. The zero-order chi connectivity index (χ0) is 7.68. The molecule has 58 valence electrons. The zero-order valence-electron chi connectivity index (χ0n) is 6.85. The van der Waals surface area contributed by atoms with E-state index in [0.29, 0.717) is 0 Å². The van der Waals surface area contributed by atoms with Crippen LogP contribution in [-0.2, 0) is 0 Å². The topological polar surface area (TPSA) is 15.8 Å². The van der Waals surface area contributed by atoms with E-state index < -0.39 is 0 Å². The lowest BCUT2D eigenvalue weighted by molar-refractivity contribution is 0.909. The van der Waals surface area contributed by atoms with E-state index in [9.17, 15) is 0 Å². The van der Waals surface area contributed by atoms with Crippen molar-refractivity contribution in [2.45, 2.75) is 26.2 Å². The summed E-state index contributed by atoms with van der Waals surface area (Å²) in [7, 11) is 0. The summed E-state index contributed by atoms with van der Waals surface area (Å²) < 4.78 is 0. The smallest absolute Gasteiger partial charge is 0.0412 e. The fraction of sp³-hybridized carbons (Fsp3) is 0.400. The summed E-state index contributed by atoms with van der Waals surface area (Å²) >= 11 is 0. The molecule has 0 aliphatic heterocycles. The van der Waals surface area contributed by atoms with Gasteiger partial charge in [-0.05, 0) is 43.9 Å². The molecule has 0 aromatic carbocycles. The molecule has 1 heteroatoms. The lowest BCUT2D eigenvalue weighted by Crippen LogP contribution is -1.80. The van der Waals surface area contributed by atoms with Gasteiger partial charge in [-0.15, -0.1) is 0 Å². The predicted octanol–water partition coefficient (Wildman–Crippen LogP) is 2.97. The number of hydrogen-bond acceptors (Lipinski definition) is 0. The van der Waals surface area contributed by atoms with Crippen molar-refractivity contribution >= 4 is 5.57 Å². The Balaban J connectivity index is 2.36. The maximum atomic E-state index is 3.25. The summed E-state index contributed by atoms with van der Waals surface area (Å²) in [5.41, 5.74) is 4.42. The van der Waals surface area contributed by atoms with Gasteiger partial charge in [0.05, 0.1) is 0 Å². The first-order valence-corrected chi connectivity index (χ1v) is 4.20. The number of aromatic nitrogens is 1. The monoisotopic (exact) mass is 147 g/mol. The molecule has 11 heavy (non-hydrogen) atoms. The Bertz CT molecular complexity index is 267. The van der Waals surface area contributed by atoms with Crippen LogP contribution in [-0.4, -0.2) is 4.98 Å². The van der Waals surface area contributed by atoms with Crippen molar-refractivity contribution in [2.24, 2.45) is 0 Å². The summed E-state index contributed by atoms with van der Waals surface area (Å²) in [4.78, 5) is 3.25. The van der Waals surface area contributed by atoms with Crippen LogP contribution in [0.4, 0.5) is 0 Å². The molecular formula is C10H13N. The van der Waals surface area contributed by atoms with Gasteiger partial charge >= 0.3 is 0 Å². The van der Waals surface area contributed by atoms with Crippen LogP contribution in [0.5, 0.6) is 0 Å². The van der Waals surface area contributed by atoms with Crippen molar-refractivity contribution in [1.82, 2.24) is 4.98 Å². The molecule has 1 aromatic rings. The number of rotatable bonds is 1. The van der Waals surface area contributed by atoms with E-state index >= 15 is 0 Å². The maximum Gasteiger partial charge on any atom is 0.0412 e. The van der Waals surface area contributed by atoms with E-state index in [1.54, 1.807) is 5.57 Å². The third kappa shape index (κ3) is 1.11. The third-order valence-corrected chi connectivity index (χ3v) is 2.42. The Morgan fingerprint density at radius 2 is 2.27 bits per heavy atom. The van der Waals surface area contributed by atoms with Gasteiger partial charge in [0.15, 0.2) is 0 Å². The van der Waals surface area contributed by atoms with Crippen molar-refractivity contribution in [2.75, 3.05) is 0 Å². The second kappa shape index (κ2) is 2.57. The predicted molar refractivity (Wildman–Crippen MR) is 47.2 cm³/mol. The standard InChI is InChI=1S/C10H13N/c1-8-4-2-5-9(8)10-6-3-7-11-10/h3,6-7,11H,2,4-5H2,1H3. The number of nitrogens with one attached hydrogen (secondary N) is 1. The van der Waals surface area contributed by atoms with Gasteiger partial charge in [-0.1, -0.05) is 5.57 Å². The van der Waals surface area contributed by atoms with Crippen LogP contribution in [0.1, 0.15) is 31.9 Å². The molecule has 1 nitrogen and oxygen atoms in total. The molecule has 0 fully saturated rings. The van der Waals surface area contributed by atoms with Crippen molar-refractivity contribution in [3.63, 3.8) is 0 Å². The van der Waals surface area contributed by atoms with Crippen molar-refractivity contribution in [1.29, 1.82) is 0 Å². The van der Waals surface area contributed by atoms with Crippen molar-refractivity contribution in [3.8, 4) is 0 Å². The fourth-order valence-corrected chi connectivity index (χ4v) is 1.78. The Hall–Kier alpha value is -0.980. The van der Waals surface area contributed by atoms with Gasteiger partial charge < -0.3 is 4.98 Å². The molecule has 1 aliphatic rings. The molecule has 0 radical (unpaired) electrons. The maximum absolute atomic E-state index is 3.25. The number of allylic oxidation sites excluding steroid dienone is 2. The molecule has 0 unspecified atom stereocenters. The first-order valence-electron chi connectivity index (χ1n) is 4.20. The fourth-order valence-electron chi connectivity index (χ4n) is 1.78. The van der Waals surface area contributed by atoms with E-state index in [0.717, 1.165) is 0 Å². The van der Waals surface area contributed by atoms with Crippen LogP contribution in [0.15, 0.2) is 23.9 Å². The molecular weight excluding hydrogens is 134 g/mol. The largest absolute Gasteiger partial charge is 0.361 e. The quantitative estimate of drug-likeness (QED) is 0.628. The minimum atomic E-state index is 1.26. The van der Waals surface area contributed by atoms with Crippen LogP contribution in [0, 0.1) is 0 Å². The molecule has 1 aromatic heterocycles. The molecule has 1 N–H and O–H groups in total. The summed E-state index contributed by atoms with van der Waals surface area (Å²) in [5.74, 6) is 0. The Labute approximate surface area is 67.1 Å². The van der Waals surface area contributed by atoms with Gasteiger partial charge in [0.25, 0.3) is 0 Å². The SMILES string of the molecule is CC1=C(c2ccc[nH]2)CCC1. The highest BCUT2D eigenvalue weighted by molar-refractivity contribution is 5.67. The molecule has 2 rings (SSSR count). The molecule has 1 heterocycles. The van der Waals surface area contributed by atoms with Crippen LogP contribution in [0.3, 0.4) is 0 Å². The Morgan fingerprint density at radius 1 is 1.36 bits per heavy atom. The van der Waals surface area contributed by atoms with E-state index in [-0.39, 0.29) is 0 Å². The summed E-state index contributed by atoms with van der Waals surface area (Å²) in [5, 5.41) is 0. The Kier molecular flexibility index (Phi) is 1.57. The molecule has 0 bridgehead atoms. The van der Waals surface area contributed by atoms with Gasteiger partial charge in [-0.2, -0.15) is 0 Å². The third-order valence-electron chi connectivity index (χ3n) is 2.42. The van der Waals surface area contributed by atoms with E-state index in [1.165, 1.54) is 30.5 Å². The van der Waals surface area contributed by atoms with E-state index in [4.69, 9.17) is 0 Å². The molecule has 1 aliphatic carbocycles. The normalized spacial score (nSPS) is 17.9. The van der Waals surface area contributed by atoms with Crippen molar-refractivity contribution < 1.29 is 0 Å². The lowest BCUT2D eigenvalue weighted by Gasteiger charge is -1.98. The summed E-state index contributed by atoms with van der Waals surface area (Å²) in [6, 6.07) is 4.22. The first-order chi connectivity index (χ1) is 5.38. The zero-order valence-corrected chi connectivity index (χ0v) is 6.85. The summed E-state index contributed by atoms with van der Waals surface area (Å²) in [6.07, 6.45) is 5.87. The highest BCUT2D eigenvalue weighted by atomic mass is 14.7. The second-order valence-corrected chi connectivity index (χ2v) is 3.20. The first kappa shape index (κ1) is 6.71. The molecule has 0 saturated heterocycles. The average Bonchev–Trinajstić information content (AvgIpc) is 2.55. The van der Waals surface area contributed by atoms with Gasteiger partial charge in [0.2, 0.25) is 0 Å². The van der Waals surface area contributed by atoms with Gasteiger partial charge in [0.1, 0.15) is 0 Å². The van der Waals surface area contributed by atoms with Crippen LogP contribution >= 0.6 is 0 Å². The Morgan fingerprint density at radius 3 is 2.82 bits per heavy atom. The van der Waals surface area contributed by atoms with Crippen LogP contribution in [0.25, 0.3) is 5.57 Å². The van der Waals surface area contributed by atoms with Gasteiger partial charge in [-0.3, -0.25) is 0 Å². The van der Waals surface area contributed by atoms with Crippen LogP contribution < -0.4 is 0 Å². The molecule has 0 spiro atoms. The minimum Gasteiger partial charge on any atom is -0.361 e. The van der Waals surface area contributed by atoms with Crippen molar-refractivity contribution in [3.05, 3.63) is 29.6 Å². The van der Waals surface area contributed by atoms with Gasteiger partial charge in [-0.25, -0.2) is 0 Å². The highest BCUT2D eigenvalue weighted by Crippen LogP contribution is 2.32. The summed E-state index contributed by atoms with van der Waals surface area (Å²) in [6.45, 7) is 2.24. The number of aromatic amines is 1. The second-order valence-electron chi connectivity index (χ2n) is 3.20. The average molecular weight is 147 g/mol. The lowest BCUT2D eigenvalue weighted by atomic mass is 10.1. The minimum absolute atomic E-state index is 1.26. The van der Waals surface area contributed by atoms with E-state index in [2.05, 4.69) is 24.0 Å².